The Bertz CT molecular complexity index is 632. The molecule has 1 aliphatic heterocycles. The van der Waals surface area contributed by atoms with Gasteiger partial charge in [0.2, 0.25) is 5.28 Å². The van der Waals surface area contributed by atoms with Crippen LogP contribution in [0.5, 0.6) is 0 Å². The molecule has 2 rings (SSSR count). The van der Waals surface area contributed by atoms with Crippen molar-refractivity contribution in [3.05, 3.63) is 17.0 Å². The number of halogens is 1. The zero-order valence-corrected chi connectivity index (χ0v) is 14.9. The van der Waals surface area contributed by atoms with Crippen LogP contribution in [0.3, 0.4) is 0 Å². The standard InChI is InChI=1S/C15H21ClN4O4/c1-15(2,3)24-14(22)20-6-5-9(8-20)17-11-7-10(12(21)23-4)18-13(16)19-11/h7,9H,5-6,8H2,1-4H3,(H,17,18,19). The van der Waals surface area contributed by atoms with E-state index in [0.29, 0.717) is 18.9 Å². The highest BCUT2D eigenvalue weighted by molar-refractivity contribution is 6.28. The SMILES string of the molecule is COC(=O)c1cc(NC2CCN(C(=O)OC(C)(C)C)C2)nc(Cl)n1. The molecule has 1 N–H and O–H groups in total. The van der Waals surface area contributed by atoms with Gasteiger partial charge in [0.15, 0.2) is 5.69 Å². The summed E-state index contributed by atoms with van der Waals surface area (Å²) in [7, 11) is 1.27. The fourth-order valence-corrected chi connectivity index (χ4v) is 2.46. The second-order valence-electron chi connectivity index (χ2n) is 6.46. The highest BCUT2D eigenvalue weighted by Crippen LogP contribution is 2.19. The second-order valence-corrected chi connectivity index (χ2v) is 6.79. The molecular weight excluding hydrogens is 336 g/mol. The molecule has 1 aromatic rings. The zero-order chi connectivity index (χ0) is 17.9. The van der Waals surface area contributed by atoms with Gasteiger partial charge in [-0.25, -0.2) is 19.6 Å². The molecule has 1 saturated heterocycles. The number of likely N-dealkylation sites (tertiary alicyclic amines) is 1. The molecule has 1 aromatic heterocycles. The second kappa shape index (κ2) is 7.21. The highest BCUT2D eigenvalue weighted by atomic mass is 35.5. The monoisotopic (exact) mass is 356 g/mol. The van der Waals surface area contributed by atoms with E-state index in [0.717, 1.165) is 6.42 Å². The number of aromatic nitrogens is 2. The number of amides is 1. The summed E-state index contributed by atoms with van der Waals surface area (Å²) in [6.07, 6.45) is 0.386. The summed E-state index contributed by atoms with van der Waals surface area (Å²) in [6, 6.07) is 1.45. The van der Waals surface area contributed by atoms with Crippen LogP contribution in [0.2, 0.25) is 5.28 Å². The van der Waals surface area contributed by atoms with Gasteiger partial charge in [-0.2, -0.15) is 0 Å². The van der Waals surface area contributed by atoms with Gasteiger partial charge in [-0.1, -0.05) is 0 Å². The van der Waals surface area contributed by atoms with Gasteiger partial charge in [-0.15, -0.1) is 0 Å². The first-order valence-corrected chi connectivity index (χ1v) is 7.93. The molecule has 0 aromatic carbocycles. The molecule has 2 heterocycles. The van der Waals surface area contributed by atoms with E-state index in [1.807, 2.05) is 20.8 Å². The summed E-state index contributed by atoms with van der Waals surface area (Å²) in [6.45, 7) is 6.54. The van der Waals surface area contributed by atoms with Crippen LogP contribution in [0.4, 0.5) is 10.6 Å². The van der Waals surface area contributed by atoms with E-state index < -0.39 is 11.6 Å². The average molecular weight is 357 g/mol. The highest BCUT2D eigenvalue weighted by Gasteiger charge is 2.30. The number of carbonyl (C=O) groups is 2. The van der Waals surface area contributed by atoms with E-state index in [1.165, 1.54) is 13.2 Å². The van der Waals surface area contributed by atoms with E-state index >= 15 is 0 Å². The Morgan fingerprint density at radius 1 is 1.38 bits per heavy atom. The molecule has 1 atom stereocenters. The Balaban J connectivity index is 1.99. The van der Waals surface area contributed by atoms with Crippen molar-refractivity contribution < 1.29 is 19.1 Å². The Labute approximate surface area is 145 Å². The third kappa shape index (κ3) is 4.95. The number of nitrogens with zero attached hydrogens (tertiary/aromatic N) is 3. The Kier molecular flexibility index (Phi) is 5.48. The summed E-state index contributed by atoms with van der Waals surface area (Å²) in [5.41, 5.74) is -0.458. The first-order valence-electron chi connectivity index (χ1n) is 7.55. The van der Waals surface area contributed by atoms with E-state index in [1.54, 1.807) is 4.90 Å². The van der Waals surface area contributed by atoms with Crippen LogP contribution in [-0.4, -0.2) is 58.8 Å². The molecule has 0 spiro atoms. The molecule has 24 heavy (non-hydrogen) atoms. The van der Waals surface area contributed by atoms with Gasteiger partial charge in [0.1, 0.15) is 11.4 Å². The molecule has 0 radical (unpaired) electrons. The lowest BCUT2D eigenvalue weighted by molar-refractivity contribution is 0.0293. The molecule has 0 bridgehead atoms. The molecule has 132 valence electrons. The van der Waals surface area contributed by atoms with Gasteiger partial charge in [0.25, 0.3) is 0 Å². The zero-order valence-electron chi connectivity index (χ0n) is 14.1. The molecule has 1 fully saturated rings. The van der Waals surface area contributed by atoms with Gasteiger partial charge in [-0.3, -0.25) is 0 Å². The third-order valence-corrected chi connectivity index (χ3v) is 3.45. The molecular formula is C15H21ClN4O4. The molecule has 8 nitrogen and oxygen atoms in total. The normalized spacial score (nSPS) is 17.5. The number of esters is 1. The summed E-state index contributed by atoms with van der Waals surface area (Å²) >= 11 is 5.83. The first-order chi connectivity index (χ1) is 11.2. The average Bonchev–Trinajstić information content (AvgIpc) is 2.92. The van der Waals surface area contributed by atoms with E-state index in [4.69, 9.17) is 16.3 Å². The van der Waals surface area contributed by atoms with Crippen molar-refractivity contribution in [2.24, 2.45) is 0 Å². The van der Waals surface area contributed by atoms with Crippen LogP contribution >= 0.6 is 11.6 Å². The van der Waals surface area contributed by atoms with Crippen LogP contribution in [0.15, 0.2) is 6.07 Å². The van der Waals surface area contributed by atoms with Crippen LogP contribution < -0.4 is 5.32 Å². The largest absolute Gasteiger partial charge is 0.464 e. The maximum Gasteiger partial charge on any atom is 0.410 e. The number of rotatable bonds is 3. The molecule has 1 amide bonds. The Morgan fingerprint density at radius 2 is 2.08 bits per heavy atom. The van der Waals surface area contributed by atoms with Gasteiger partial charge in [0.05, 0.1) is 7.11 Å². The number of anilines is 1. The minimum atomic E-state index is -0.593. The number of hydrogen-bond acceptors (Lipinski definition) is 7. The van der Waals surface area contributed by atoms with E-state index in [-0.39, 0.29) is 23.1 Å². The quantitative estimate of drug-likeness (QED) is 0.656. The summed E-state index contributed by atoms with van der Waals surface area (Å²) in [4.78, 5) is 33.1. The van der Waals surface area contributed by atoms with E-state index in [9.17, 15) is 9.59 Å². The minimum absolute atomic E-state index is 0.0195. The predicted octanol–water partition coefficient (Wildman–Crippen LogP) is 2.34. The molecule has 0 aliphatic carbocycles. The number of carbonyl (C=O) groups excluding carboxylic acids is 2. The van der Waals surface area contributed by atoms with Crippen molar-refractivity contribution in [3.63, 3.8) is 0 Å². The first kappa shape index (κ1) is 18.3. The Morgan fingerprint density at radius 3 is 2.71 bits per heavy atom. The van der Waals surface area contributed by atoms with Crippen LogP contribution in [0.1, 0.15) is 37.7 Å². The van der Waals surface area contributed by atoms with Crippen molar-refractivity contribution >= 4 is 29.5 Å². The van der Waals surface area contributed by atoms with Crippen molar-refractivity contribution in [2.45, 2.75) is 38.8 Å². The van der Waals surface area contributed by atoms with Crippen LogP contribution in [0.25, 0.3) is 0 Å². The number of hydrogen-bond donors (Lipinski definition) is 1. The summed E-state index contributed by atoms with van der Waals surface area (Å²) in [5, 5.41) is 3.10. The number of nitrogens with one attached hydrogen (secondary N) is 1. The maximum atomic E-state index is 12.1. The predicted molar refractivity (Wildman–Crippen MR) is 88.2 cm³/mol. The smallest absolute Gasteiger partial charge is 0.410 e. The number of ether oxygens (including phenoxy) is 2. The molecule has 1 aliphatic rings. The number of methoxy groups -OCH3 is 1. The topological polar surface area (TPSA) is 93.7 Å². The lowest BCUT2D eigenvalue weighted by Gasteiger charge is -2.24. The van der Waals surface area contributed by atoms with Gasteiger partial charge >= 0.3 is 12.1 Å². The van der Waals surface area contributed by atoms with Crippen molar-refractivity contribution in [1.82, 2.24) is 14.9 Å². The lowest BCUT2D eigenvalue weighted by Crippen LogP contribution is -2.36. The van der Waals surface area contributed by atoms with Gasteiger partial charge < -0.3 is 19.7 Å². The summed E-state index contributed by atoms with van der Waals surface area (Å²) in [5.74, 6) is -0.185. The molecule has 0 saturated carbocycles. The third-order valence-electron chi connectivity index (χ3n) is 3.29. The van der Waals surface area contributed by atoms with Crippen LogP contribution in [0, 0.1) is 0 Å². The van der Waals surface area contributed by atoms with Crippen molar-refractivity contribution in [1.29, 1.82) is 0 Å². The fraction of sp³-hybridized carbons (Fsp3) is 0.600. The molecule has 1 unspecified atom stereocenters. The van der Waals surface area contributed by atoms with E-state index in [2.05, 4.69) is 20.0 Å². The Hall–Kier alpha value is -2.09. The minimum Gasteiger partial charge on any atom is -0.464 e. The summed E-state index contributed by atoms with van der Waals surface area (Å²) < 4.78 is 9.98. The lowest BCUT2D eigenvalue weighted by atomic mass is 10.2. The van der Waals surface area contributed by atoms with Gasteiger partial charge in [-0.05, 0) is 38.8 Å². The fourth-order valence-electron chi connectivity index (χ4n) is 2.28. The molecule has 9 heteroatoms. The maximum absolute atomic E-state index is 12.1. The van der Waals surface area contributed by atoms with Crippen molar-refractivity contribution in [3.8, 4) is 0 Å². The van der Waals surface area contributed by atoms with Crippen molar-refractivity contribution in [2.75, 3.05) is 25.5 Å². The van der Waals surface area contributed by atoms with Crippen LogP contribution in [-0.2, 0) is 9.47 Å². The van der Waals surface area contributed by atoms with Gasteiger partial charge in [0, 0.05) is 25.2 Å².